The lowest BCUT2D eigenvalue weighted by atomic mass is 10.1. The normalized spacial score (nSPS) is 19.3. The number of methoxy groups -OCH3 is 1. The van der Waals surface area contributed by atoms with E-state index in [4.69, 9.17) is 15.2 Å². The lowest BCUT2D eigenvalue weighted by molar-refractivity contribution is 0.187. The van der Waals surface area contributed by atoms with Crippen LogP contribution in [0.2, 0.25) is 0 Å². The van der Waals surface area contributed by atoms with Gasteiger partial charge in [0.25, 0.3) is 0 Å². The largest absolute Gasteiger partial charge is 0.495 e. The molecule has 1 aromatic carbocycles. The molecule has 0 spiro atoms. The van der Waals surface area contributed by atoms with E-state index in [2.05, 4.69) is 5.32 Å². The maximum Gasteiger partial charge on any atom is 0.148 e. The fourth-order valence-corrected chi connectivity index (χ4v) is 1.88. The number of nitrogens with one attached hydrogen (secondary N) is 1. The van der Waals surface area contributed by atoms with Gasteiger partial charge in [0.15, 0.2) is 0 Å². The molecule has 1 atom stereocenters. The molecule has 1 heterocycles. The number of ether oxygens (including phenoxy) is 2. The number of nitrogens with two attached hydrogens (primary N) is 1. The highest BCUT2D eigenvalue weighted by Gasteiger charge is 2.16. The van der Waals surface area contributed by atoms with Crippen LogP contribution in [0.15, 0.2) is 12.1 Å². The topological polar surface area (TPSA) is 56.5 Å². The predicted molar refractivity (Wildman–Crippen MR) is 64.8 cm³/mol. The Labute approximate surface area is 99.9 Å². The number of halogens is 1. The first-order valence-corrected chi connectivity index (χ1v) is 5.65. The molecule has 4 nitrogen and oxygen atoms in total. The third-order valence-electron chi connectivity index (χ3n) is 2.92. The number of rotatable bonds is 4. The summed E-state index contributed by atoms with van der Waals surface area (Å²) in [6, 6.07) is 2.85. The molecule has 1 aromatic rings. The average molecular weight is 240 g/mol. The van der Waals surface area contributed by atoms with E-state index in [1.807, 2.05) is 0 Å². The first-order chi connectivity index (χ1) is 8.20. The highest BCUT2D eigenvalue weighted by atomic mass is 19.1. The van der Waals surface area contributed by atoms with Crippen LogP contribution in [0, 0.1) is 11.7 Å². The SMILES string of the molecule is COc1cc(NCC2CCOC2)c(F)cc1N. The van der Waals surface area contributed by atoms with Crippen molar-refractivity contribution < 1.29 is 13.9 Å². The van der Waals surface area contributed by atoms with Gasteiger partial charge in [0.2, 0.25) is 0 Å². The van der Waals surface area contributed by atoms with E-state index in [-0.39, 0.29) is 5.82 Å². The molecule has 0 aromatic heterocycles. The molecule has 1 fully saturated rings. The molecule has 1 unspecified atom stereocenters. The average Bonchev–Trinajstić information content (AvgIpc) is 2.81. The van der Waals surface area contributed by atoms with Gasteiger partial charge in [-0.15, -0.1) is 0 Å². The molecule has 0 bridgehead atoms. The van der Waals surface area contributed by atoms with Crippen LogP contribution >= 0.6 is 0 Å². The lowest BCUT2D eigenvalue weighted by Gasteiger charge is -2.13. The van der Waals surface area contributed by atoms with E-state index in [0.29, 0.717) is 29.6 Å². The number of nitrogen functional groups attached to an aromatic ring is 1. The molecule has 1 aliphatic heterocycles. The van der Waals surface area contributed by atoms with Crippen molar-refractivity contribution in [1.82, 2.24) is 0 Å². The van der Waals surface area contributed by atoms with Crippen LogP contribution < -0.4 is 15.8 Å². The first kappa shape index (κ1) is 12.0. The molecule has 3 N–H and O–H groups in total. The summed E-state index contributed by atoms with van der Waals surface area (Å²) in [5, 5.41) is 3.07. The third kappa shape index (κ3) is 2.79. The Bertz CT molecular complexity index is 392. The zero-order valence-corrected chi connectivity index (χ0v) is 9.83. The standard InChI is InChI=1S/C12H17FN2O2/c1-16-12-5-11(9(13)4-10(12)14)15-6-8-2-3-17-7-8/h4-5,8,15H,2-3,6-7,14H2,1H3. The minimum absolute atomic E-state index is 0.305. The molecule has 5 heteroatoms. The summed E-state index contributed by atoms with van der Waals surface area (Å²) in [4.78, 5) is 0. The number of hydrogen-bond acceptors (Lipinski definition) is 4. The number of hydrogen-bond donors (Lipinski definition) is 2. The minimum Gasteiger partial charge on any atom is -0.495 e. The highest BCUT2D eigenvalue weighted by molar-refractivity contribution is 5.62. The zero-order valence-electron chi connectivity index (χ0n) is 9.83. The van der Waals surface area contributed by atoms with Gasteiger partial charge in [-0.2, -0.15) is 0 Å². The second-order valence-electron chi connectivity index (χ2n) is 4.18. The molecule has 0 saturated carbocycles. The molecule has 0 amide bonds. The second kappa shape index (κ2) is 5.23. The van der Waals surface area contributed by atoms with Crippen LogP contribution in [-0.2, 0) is 4.74 Å². The summed E-state index contributed by atoms with van der Waals surface area (Å²) in [5.41, 5.74) is 6.33. The molecule has 94 valence electrons. The predicted octanol–water partition coefficient (Wildman–Crippen LogP) is 1.86. The van der Waals surface area contributed by atoms with Gasteiger partial charge in [-0.3, -0.25) is 0 Å². The summed E-state index contributed by atoms with van der Waals surface area (Å²) in [5.74, 6) is 0.566. The van der Waals surface area contributed by atoms with Crippen LogP contribution in [-0.4, -0.2) is 26.9 Å². The van der Waals surface area contributed by atoms with E-state index in [1.165, 1.54) is 13.2 Å². The monoisotopic (exact) mass is 240 g/mol. The summed E-state index contributed by atoms with van der Waals surface area (Å²) in [6.07, 6.45) is 1.01. The van der Waals surface area contributed by atoms with Crippen molar-refractivity contribution in [3.63, 3.8) is 0 Å². The van der Waals surface area contributed by atoms with Crippen molar-refractivity contribution in [2.24, 2.45) is 5.92 Å². The summed E-state index contributed by atoms with van der Waals surface area (Å²) in [6.45, 7) is 2.23. The van der Waals surface area contributed by atoms with Crippen LogP contribution in [0.25, 0.3) is 0 Å². The van der Waals surface area contributed by atoms with Crippen molar-refractivity contribution >= 4 is 11.4 Å². The quantitative estimate of drug-likeness (QED) is 0.789. The Kier molecular flexibility index (Phi) is 3.68. The first-order valence-electron chi connectivity index (χ1n) is 5.65. The summed E-state index contributed by atoms with van der Waals surface area (Å²) >= 11 is 0. The van der Waals surface area contributed by atoms with Crippen LogP contribution in [0.4, 0.5) is 15.8 Å². The van der Waals surface area contributed by atoms with Gasteiger partial charge in [-0.05, 0) is 6.42 Å². The smallest absolute Gasteiger partial charge is 0.148 e. The van der Waals surface area contributed by atoms with Gasteiger partial charge in [-0.25, -0.2) is 4.39 Å². The Morgan fingerprint density at radius 2 is 2.41 bits per heavy atom. The minimum atomic E-state index is -0.359. The van der Waals surface area contributed by atoms with Crippen molar-refractivity contribution in [2.45, 2.75) is 6.42 Å². The molecule has 0 radical (unpaired) electrons. The van der Waals surface area contributed by atoms with Crippen molar-refractivity contribution in [1.29, 1.82) is 0 Å². The maximum absolute atomic E-state index is 13.6. The highest BCUT2D eigenvalue weighted by Crippen LogP contribution is 2.28. The maximum atomic E-state index is 13.6. The van der Waals surface area contributed by atoms with Gasteiger partial charge in [0, 0.05) is 31.2 Å². The Balaban J connectivity index is 2.03. The van der Waals surface area contributed by atoms with E-state index in [9.17, 15) is 4.39 Å². The second-order valence-corrected chi connectivity index (χ2v) is 4.18. The van der Waals surface area contributed by atoms with Gasteiger partial charge < -0.3 is 20.5 Å². The number of anilines is 2. The van der Waals surface area contributed by atoms with Gasteiger partial charge >= 0.3 is 0 Å². The van der Waals surface area contributed by atoms with Crippen molar-refractivity contribution in [2.75, 3.05) is 37.9 Å². The molecular weight excluding hydrogens is 223 g/mol. The lowest BCUT2D eigenvalue weighted by Crippen LogP contribution is -2.15. The fourth-order valence-electron chi connectivity index (χ4n) is 1.88. The van der Waals surface area contributed by atoms with E-state index in [1.54, 1.807) is 6.07 Å². The molecule has 2 rings (SSSR count). The van der Waals surface area contributed by atoms with E-state index >= 15 is 0 Å². The molecule has 0 aliphatic carbocycles. The van der Waals surface area contributed by atoms with E-state index in [0.717, 1.165) is 19.6 Å². The van der Waals surface area contributed by atoms with E-state index < -0.39 is 0 Å². The van der Waals surface area contributed by atoms with Crippen LogP contribution in [0.3, 0.4) is 0 Å². The molecule has 17 heavy (non-hydrogen) atoms. The third-order valence-corrected chi connectivity index (χ3v) is 2.92. The zero-order chi connectivity index (χ0) is 12.3. The molecular formula is C12H17FN2O2. The van der Waals surface area contributed by atoms with Gasteiger partial charge in [-0.1, -0.05) is 0 Å². The van der Waals surface area contributed by atoms with Crippen LogP contribution in [0.5, 0.6) is 5.75 Å². The Morgan fingerprint density at radius 3 is 3.06 bits per heavy atom. The molecule has 1 aliphatic rings. The van der Waals surface area contributed by atoms with Crippen molar-refractivity contribution in [3.8, 4) is 5.75 Å². The fraction of sp³-hybridized carbons (Fsp3) is 0.500. The Hall–Kier alpha value is -1.49. The van der Waals surface area contributed by atoms with Crippen molar-refractivity contribution in [3.05, 3.63) is 17.9 Å². The molecule has 1 saturated heterocycles. The number of benzene rings is 1. The van der Waals surface area contributed by atoms with Crippen LogP contribution in [0.1, 0.15) is 6.42 Å². The summed E-state index contributed by atoms with van der Waals surface area (Å²) in [7, 11) is 1.51. The summed E-state index contributed by atoms with van der Waals surface area (Å²) < 4.78 is 23.9. The van der Waals surface area contributed by atoms with Gasteiger partial charge in [0.1, 0.15) is 11.6 Å². The van der Waals surface area contributed by atoms with Gasteiger partial charge in [0.05, 0.1) is 25.1 Å². The Morgan fingerprint density at radius 1 is 1.59 bits per heavy atom.